The van der Waals surface area contributed by atoms with E-state index < -0.39 is 16.0 Å². The van der Waals surface area contributed by atoms with Gasteiger partial charge in [0.1, 0.15) is 0 Å². The maximum absolute atomic E-state index is 12.3. The summed E-state index contributed by atoms with van der Waals surface area (Å²) in [6, 6.07) is 5.99. The molecule has 0 saturated heterocycles. The Hall–Kier alpha value is -2.23. The van der Waals surface area contributed by atoms with E-state index in [1.54, 1.807) is 22.9 Å². The number of nitrogens with zero attached hydrogens (tertiary/aromatic N) is 1. The van der Waals surface area contributed by atoms with Crippen molar-refractivity contribution in [2.75, 3.05) is 18.1 Å². The van der Waals surface area contributed by atoms with Crippen LogP contribution in [0.5, 0.6) is 0 Å². The molecule has 1 aliphatic rings. The van der Waals surface area contributed by atoms with Crippen molar-refractivity contribution in [2.24, 2.45) is 5.14 Å². The maximum atomic E-state index is 12.3. The van der Waals surface area contributed by atoms with E-state index >= 15 is 0 Å². The first-order chi connectivity index (χ1) is 11.4. The molecule has 0 atom stereocenters. The molecule has 0 radical (unpaired) electrons. The zero-order chi connectivity index (χ0) is 17.3. The predicted octanol–water partition coefficient (Wildman–Crippen LogP) is 1.14. The lowest BCUT2D eigenvalue weighted by Crippen LogP contribution is -2.33. The highest BCUT2D eigenvalue weighted by Gasteiger charge is 2.26. The second-order valence-electron chi connectivity index (χ2n) is 5.22. The minimum atomic E-state index is -3.78. The van der Waals surface area contributed by atoms with Gasteiger partial charge in [-0.15, -0.1) is 0 Å². The number of carbonyl (C=O) groups excluding carboxylic acids is 2. The number of thiophene rings is 1. The van der Waals surface area contributed by atoms with E-state index in [-0.39, 0.29) is 17.4 Å². The van der Waals surface area contributed by atoms with Crippen molar-refractivity contribution in [3.05, 3.63) is 46.2 Å². The fraction of sp³-hybridized carbons (Fsp3) is 0.200. The van der Waals surface area contributed by atoms with Crippen LogP contribution in [0, 0.1) is 0 Å². The van der Waals surface area contributed by atoms with Crippen molar-refractivity contribution in [2.45, 2.75) is 11.3 Å². The van der Waals surface area contributed by atoms with Gasteiger partial charge in [0, 0.05) is 17.6 Å². The lowest BCUT2D eigenvalue weighted by Gasteiger charge is -2.17. The Balaban J connectivity index is 1.69. The molecule has 126 valence electrons. The number of anilines is 1. The van der Waals surface area contributed by atoms with Gasteiger partial charge in [0.05, 0.1) is 10.5 Å². The lowest BCUT2D eigenvalue weighted by molar-refractivity contribution is -0.121. The Morgan fingerprint density at radius 1 is 1.29 bits per heavy atom. The summed E-state index contributed by atoms with van der Waals surface area (Å²) in [6.07, 6.45) is 0.517. The molecule has 2 heterocycles. The number of rotatable bonds is 4. The summed E-state index contributed by atoms with van der Waals surface area (Å²) >= 11 is 1.37. The van der Waals surface area contributed by atoms with Crippen molar-refractivity contribution >= 4 is 38.9 Å². The highest BCUT2D eigenvalue weighted by Crippen LogP contribution is 2.30. The average Bonchev–Trinajstić information content (AvgIpc) is 3.20. The molecule has 0 fully saturated rings. The van der Waals surface area contributed by atoms with Crippen LogP contribution in [0.2, 0.25) is 0 Å². The number of nitrogens with two attached hydrogens (primary N) is 1. The van der Waals surface area contributed by atoms with Crippen LogP contribution < -0.4 is 10.0 Å². The van der Waals surface area contributed by atoms with E-state index in [1.807, 2.05) is 0 Å². The molecule has 24 heavy (non-hydrogen) atoms. The van der Waals surface area contributed by atoms with E-state index in [0.717, 1.165) is 5.56 Å². The number of ether oxygens (including phenoxy) is 1. The largest absolute Gasteiger partial charge is 0.452 e. The third-order valence-electron chi connectivity index (χ3n) is 3.66. The third-order valence-corrected chi connectivity index (χ3v) is 5.25. The number of hydrogen-bond acceptors (Lipinski definition) is 6. The van der Waals surface area contributed by atoms with Crippen LogP contribution in [0.25, 0.3) is 0 Å². The molecule has 2 aromatic rings. The standard InChI is InChI=1S/C15H14N2O5S2/c16-24(20,21)12-1-2-13-10(7-12)3-5-17(13)14(18)8-22-15(19)11-4-6-23-9-11/h1-2,4,6-7,9H,3,5,8H2,(H2,16,20,21). The molecule has 0 aliphatic carbocycles. The maximum Gasteiger partial charge on any atom is 0.339 e. The molecule has 1 aromatic heterocycles. The number of benzene rings is 1. The van der Waals surface area contributed by atoms with Gasteiger partial charge < -0.3 is 9.64 Å². The molecule has 2 N–H and O–H groups in total. The van der Waals surface area contributed by atoms with Gasteiger partial charge in [-0.1, -0.05) is 0 Å². The fourth-order valence-corrected chi connectivity index (χ4v) is 3.67. The molecule has 1 aromatic carbocycles. The number of esters is 1. The number of hydrogen-bond donors (Lipinski definition) is 1. The number of carbonyl (C=O) groups is 2. The minimum Gasteiger partial charge on any atom is -0.452 e. The third kappa shape index (κ3) is 3.32. The van der Waals surface area contributed by atoms with E-state index in [0.29, 0.717) is 24.2 Å². The van der Waals surface area contributed by atoms with E-state index in [1.165, 1.54) is 28.4 Å². The van der Waals surface area contributed by atoms with Crippen molar-refractivity contribution in [1.29, 1.82) is 0 Å². The molecule has 7 nitrogen and oxygen atoms in total. The Kier molecular flexibility index (Phi) is 4.39. The van der Waals surface area contributed by atoms with Gasteiger partial charge in [0.15, 0.2) is 6.61 Å². The van der Waals surface area contributed by atoms with Gasteiger partial charge in [-0.3, -0.25) is 4.79 Å². The summed E-state index contributed by atoms with van der Waals surface area (Å²) in [6.45, 7) is 0.0311. The zero-order valence-corrected chi connectivity index (χ0v) is 14.1. The Morgan fingerprint density at radius 3 is 2.75 bits per heavy atom. The number of amides is 1. The topological polar surface area (TPSA) is 107 Å². The summed E-state index contributed by atoms with van der Waals surface area (Å²) < 4.78 is 27.8. The molecular weight excluding hydrogens is 352 g/mol. The van der Waals surface area contributed by atoms with Crippen molar-refractivity contribution in [1.82, 2.24) is 0 Å². The molecule has 3 rings (SSSR count). The smallest absolute Gasteiger partial charge is 0.339 e. The van der Waals surface area contributed by atoms with Crippen LogP contribution in [0.3, 0.4) is 0 Å². The lowest BCUT2D eigenvalue weighted by atomic mass is 10.2. The minimum absolute atomic E-state index is 0.0134. The summed E-state index contributed by atoms with van der Waals surface area (Å²) in [5.41, 5.74) is 1.74. The predicted molar refractivity (Wildman–Crippen MR) is 88.5 cm³/mol. The molecule has 1 amide bonds. The second-order valence-corrected chi connectivity index (χ2v) is 7.56. The van der Waals surface area contributed by atoms with Gasteiger partial charge in [0.25, 0.3) is 5.91 Å². The van der Waals surface area contributed by atoms with Crippen molar-refractivity contribution < 1.29 is 22.7 Å². The Labute approximate surface area is 142 Å². The molecule has 9 heteroatoms. The van der Waals surface area contributed by atoms with Gasteiger partial charge in [-0.25, -0.2) is 18.4 Å². The van der Waals surface area contributed by atoms with E-state index in [4.69, 9.17) is 9.88 Å². The Bertz CT molecular complexity index is 891. The molecule has 1 aliphatic heterocycles. The molecule has 0 spiro atoms. The fourth-order valence-electron chi connectivity index (χ4n) is 2.48. The van der Waals surface area contributed by atoms with Gasteiger partial charge in [-0.05, 0) is 41.6 Å². The SMILES string of the molecule is NS(=O)(=O)c1ccc2c(c1)CCN2C(=O)COC(=O)c1ccsc1. The van der Waals surface area contributed by atoms with Crippen LogP contribution in [0.15, 0.2) is 39.9 Å². The van der Waals surface area contributed by atoms with Crippen LogP contribution in [-0.4, -0.2) is 33.4 Å². The normalized spacial score (nSPS) is 13.6. The van der Waals surface area contributed by atoms with Gasteiger partial charge in [-0.2, -0.15) is 11.3 Å². The molecule has 0 unspecified atom stereocenters. The van der Waals surface area contributed by atoms with E-state index in [2.05, 4.69) is 0 Å². The zero-order valence-electron chi connectivity index (χ0n) is 12.5. The van der Waals surface area contributed by atoms with Crippen molar-refractivity contribution in [3.63, 3.8) is 0 Å². The van der Waals surface area contributed by atoms with Crippen LogP contribution in [0.4, 0.5) is 5.69 Å². The first-order valence-electron chi connectivity index (χ1n) is 7.01. The highest BCUT2D eigenvalue weighted by atomic mass is 32.2. The molecular formula is C15H14N2O5S2. The molecule has 0 saturated carbocycles. The van der Waals surface area contributed by atoms with E-state index in [9.17, 15) is 18.0 Å². The summed E-state index contributed by atoms with van der Waals surface area (Å²) in [4.78, 5) is 25.5. The average molecular weight is 366 g/mol. The van der Waals surface area contributed by atoms with Crippen LogP contribution >= 0.6 is 11.3 Å². The van der Waals surface area contributed by atoms with Crippen molar-refractivity contribution in [3.8, 4) is 0 Å². The van der Waals surface area contributed by atoms with Gasteiger partial charge >= 0.3 is 5.97 Å². The summed E-state index contributed by atoms with van der Waals surface area (Å²) in [5, 5.41) is 8.50. The Morgan fingerprint density at radius 2 is 2.08 bits per heavy atom. The summed E-state index contributed by atoms with van der Waals surface area (Å²) in [7, 11) is -3.78. The molecule has 0 bridgehead atoms. The number of sulfonamides is 1. The van der Waals surface area contributed by atoms with Crippen LogP contribution in [0.1, 0.15) is 15.9 Å². The monoisotopic (exact) mass is 366 g/mol. The number of fused-ring (bicyclic) bond motifs is 1. The number of primary sulfonamides is 1. The highest BCUT2D eigenvalue weighted by molar-refractivity contribution is 7.89. The first-order valence-corrected chi connectivity index (χ1v) is 9.50. The van der Waals surface area contributed by atoms with Gasteiger partial charge in [0.2, 0.25) is 10.0 Å². The quantitative estimate of drug-likeness (QED) is 0.817. The summed E-state index contributed by atoms with van der Waals surface area (Å²) in [5.74, 6) is -0.908. The first kappa shape index (κ1) is 16.6. The van der Waals surface area contributed by atoms with Crippen LogP contribution in [-0.2, 0) is 26.0 Å². The second kappa shape index (κ2) is 6.34.